The Morgan fingerprint density at radius 2 is 2.12 bits per heavy atom. The molecule has 2 aliphatic rings. The van der Waals surface area contributed by atoms with Gasteiger partial charge in [-0.1, -0.05) is 0 Å². The highest BCUT2D eigenvalue weighted by Crippen LogP contribution is 2.37. The number of carbonyl (C=O) groups excluding carboxylic acids is 1. The van der Waals surface area contributed by atoms with E-state index in [0.717, 1.165) is 61.3 Å². The van der Waals surface area contributed by atoms with E-state index in [1.165, 1.54) is 6.42 Å². The molecule has 136 valence electrons. The van der Waals surface area contributed by atoms with Gasteiger partial charge in [0.15, 0.2) is 0 Å². The van der Waals surface area contributed by atoms with E-state index in [1.54, 1.807) is 13.4 Å². The van der Waals surface area contributed by atoms with Gasteiger partial charge in [0, 0.05) is 36.7 Å². The zero-order valence-corrected chi connectivity index (χ0v) is 15.4. The number of amides is 1. The number of halogens is 1. The lowest BCUT2D eigenvalue weighted by Gasteiger charge is -2.38. The number of fused-ring (bicyclic) bond motifs is 1. The van der Waals surface area contributed by atoms with Crippen molar-refractivity contribution >= 4 is 29.3 Å². The van der Waals surface area contributed by atoms with E-state index < -0.39 is 0 Å². The summed E-state index contributed by atoms with van der Waals surface area (Å²) in [7, 11) is 1.64. The summed E-state index contributed by atoms with van der Waals surface area (Å²) < 4.78 is 10.8. The van der Waals surface area contributed by atoms with E-state index in [9.17, 15) is 4.79 Å². The van der Waals surface area contributed by atoms with Gasteiger partial charge in [-0.25, -0.2) is 0 Å². The Hall–Kier alpha value is -1.72. The molecule has 3 heterocycles. The lowest BCUT2D eigenvalue weighted by Crippen LogP contribution is -2.44. The number of nitrogens with one attached hydrogen (secondary N) is 1. The molecule has 25 heavy (non-hydrogen) atoms. The zero-order chi connectivity index (χ0) is 16.6. The fraction of sp³-hybridized carbons (Fsp3) is 0.526. The molecule has 1 N–H and O–H groups in total. The number of likely N-dealkylation sites (tertiary alicyclic amines) is 1. The van der Waals surface area contributed by atoms with Crippen LogP contribution in [0.4, 0.5) is 0 Å². The molecule has 6 heteroatoms. The number of ether oxygens (including phenoxy) is 1. The van der Waals surface area contributed by atoms with Crippen LogP contribution in [0.2, 0.25) is 0 Å². The van der Waals surface area contributed by atoms with Crippen LogP contribution in [0.5, 0.6) is 5.75 Å². The first-order valence-corrected chi connectivity index (χ1v) is 8.72. The van der Waals surface area contributed by atoms with Gasteiger partial charge in [0.05, 0.1) is 19.8 Å². The average Bonchev–Trinajstić information content (AvgIpc) is 3.22. The van der Waals surface area contributed by atoms with Crippen molar-refractivity contribution in [1.29, 1.82) is 0 Å². The molecular formula is C19H25ClN2O3. The molecule has 4 rings (SSSR count). The molecule has 0 saturated carbocycles. The number of piperidine rings is 1. The van der Waals surface area contributed by atoms with E-state index in [-0.39, 0.29) is 18.3 Å². The van der Waals surface area contributed by atoms with Gasteiger partial charge in [0.25, 0.3) is 0 Å². The number of nitrogens with zero attached hydrogens (tertiary/aromatic N) is 1. The molecule has 0 aliphatic carbocycles. The van der Waals surface area contributed by atoms with E-state index in [4.69, 9.17) is 9.15 Å². The second-order valence-corrected chi connectivity index (χ2v) is 7.11. The molecule has 0 atom stereocenters. The van der Waals surface area contributed by atoms with E-state index in [1.807, 2.05) is 23.1 Å². The van der Waals surface area contributed by atoms with Gasteiger partial charge >= 0.3 is 0 Å². The van der Waals surface area contributed by atoms with E-state index >= 15 is 0 Å². The molecule has 1 spiro atoms. The van der Waals surface area contributed by atoms with Crippen LogP contribution in [-0.4, -0.2) is 44.1 Å². The molecule has 0 bridgehead atoms. The van der Waals surface area contributed by atoms with Crippen LogP contribution >= 0.6 is 12.4 Å². The van der Waals surface area contributed by atoms with Crippen LogP contribution in [0.1, 0.15) is 24.8 Å². The summed E-state index contributed by atoms with van der Waals surface area (Å²) in [5.74, 6) is 0.968. The summed E-state index contributed by atoms with van der Waals surface area (Å²) >= 11 is 0. The molecule has 0 unspecified atom stereocenters. The molecule has 1 aromatic carbocycles. The molecule has 2 fully saturated rings. The largest absolute Gasteiger partial charge is 0.497 e. The first kappa shape index (κ1) is 18.1. The molecule has 1 aromatic heterocycles. The average molecular weight is 365 g/mol. The van der Waals surface area contributed by atoms with E-state index in [0.29, 0.717) is 11.8 Å². The van der Waals surface area contributed by atoms with Crippen molar-refractivity contribution in [2.75, 3.05) is 33.3 Å². The Morgan fingerprint density at radius 3 is 2.80 bits per heavy atom. The van der Waals surface area contributed by atoms with Gasteiger partial charge in [-0.3, -0.25) is 4.79 Å². The highest BCUT2D eigenvalue weighted by molar-refractivity contribution is 5.88. The summed E-state index contributed by atoms with van der Waals surface area (Å²) in [4.78, 5) is 14.7. The number of carbonyl (C=O) groups is 1. The number of benzene rings is 1. The highest BCUT2D eigenvalue weighted by atomic mass is 35.5. The smallest absolute Gasteiger partial charge is 0.227 e. The summed E-state index contributed by atoms with van der Waals surface area (Å²) in [6.45, 7) is 4.00. The summed E-state index contributed by atoms with van der Waals surface area (Å²) in [5.41, 5.74) is 2.17. The normalized spacial score (nSPS) is 19.2. The Labute approximate surface area is 154 Å². The Balaban J connectivity index is 0.00000182. The molecular weight excluding hydrogens is 340 g/mol. The van der Waals surface area contributed by atoms with Crippen molar-refractivity contribution < 1.29 is 13.9 Å². The van der Waals surface area contributed by atoms with Crippen molar-refractivity contribution in [2.45, 2.75) is 25.7 Å². The Kier molecular flexibility index (Phi) is 5.25. The third-order valence-electron chi connectivity index (χ3n) is 5.71. The molecule has 0 radical (unpaired) electrons. The predicted molar refractivity (Wildman–Crippen MR) is 99.5 cm³/mol. The van der Waals surface area contributed by atoms with Gasteiger partial charge in [-0.2, -0.15) is 0 Å². The maximum Gasteiger partial charge on any atom is 0.227 e. The number of rotatable bonds is 3. The quantitative estimate of drug-likeness (QED) is 0.909. The fourth-order valence-corrected chi connectivity index (χ4v) is 4.05. The van der Waals surface area contributed by atoms with Crippen molar-refractivity contribution in [3.05, 3.63) is 30.0 Å². The van der Waals surface area contributed by atoms with Crippen LogP contribution in [0, 0.1) is 5.41 Å². The first-order valence-electron chi connectivity index (χ1n) is 8.72. The minimum Gasteiger partial charge on any atom is -0.497 e. The maximum absolute atomic E-state index is 12.7. The zero-order valence-electron chi connectivity index (χ0n) is 14.5. The van der Waals surface area contributed by atoms with Gasteiger partial charge in [0.1, 0.15) is 11.3 Å². The van der Waals surface area contributed by atoms with Gasteiger partial charge in [-0.15, -0.1) is 12.4 Å². The van der Waals surface area contributed by atoms with Crippen molar-refractivity contribution in [3.63, 3.8) is 0 Å². The van der Waals surface area contributed by atoms with Gasteiger partial charge < -0.3 is 19.4 Å². The van der Waals surface area contributed by atoms with Crippen LogP contribution in [0.3, 0.4) is 0 Å². The van der Waals surface area contributed by atoms with Crippen LogP contribution in [-0.2, 0) is 11.2 Å². The number of furan rings is 1. The molecule has 2 aromatic rings. The van der Waals surface area contributed by atoms with Crippen LogP contribution in [0.15, 0.2) is 28.9 Å². The second kappa shape index (κ2) is 7.26. The SMILES string of the molecule is COc1ccc2c(CC(=O)N3CCC4(CCNC4)CC3)coc2c1.Cl. The summed E-state index contributed by atoms with van der Waals surface area (Å²) in [5, 5.41) is 4.46. The lowest BCUT2D eigenvalue weighted by atomic mass is 9.78. The standard InChI is InChI=1S/C19H24N2O3.ClH/c1-23-15-2-3-16-14(12-24-17(16)11-15)10-18(22)21-8-5-19(6-9-21)4-7-20-13-19;/h2-3,11-12,20H,4-10,13H2,1H3;1H. The van der Waals surface area contributed by atoms with Gasteiger partial charge in [-0.05, 0) is 43.4 Å². The molecule has 2 aliphatic heterocycles. The Bertz CT molecular complexity index is 742. The molecule has 5 nitrogen and oxygen atoms in total. The summed E-state index contributed by atoms with van der Waals surface area (Å²) in [6, 6.07) is 5.74. The molecule has 2 saturated heterocycles. The van der Waals surface area contributed by atoms with Crippen molar-refractivity contribution in [1.82, 2.24) is 10.2 Å². The molecule has 1 amide bonds. The summed E-state index contributed by atoms with van der Waals surface area (Å²) in [6.07, 6.45) is 5.60. The highest BCUT2D eigenvalue weighted by Gasteiger charge is 2.38. The van der Waals surface area contributed by atoms with E-state index in [2.05, 4.69) is 5.32 Å². The topological polar surface area (TPSA) is 54.7 Å². The predicted octanol–water partition coefficient (Wildman–Crippen LogP) is 3.01. The van der Waals surface area contributed by atoms with Crippen molar-refractivity contribution in [3.8, 4) is 5.75 Å². The third-order valence-corrected chi connectivity index (χ3v) is 5.71. The number of methoxy groups -OCH3 is 1. The monoisotopic (exact) mass is 364 g/mol. The second-order valence-electron chi connectivity index (χ2n) is 7.11. The van der Waals surface area contributed by atoms with Gasteiger partial charge in [0.2, 0.25) is 5.91 Å². The minimum atomic E-state index is 0. The number of hydrogen-bond acceptors (Lipinski definition) is 4. The maximum atomic E-state index is 12.7. The van der Waals surface area contributed by atoms with Crippen molar-refractivity contribution in [2.24, 2.45) is 5.41 Å². The Morgan fingerprint density at radius 1 is 1.32 bits per heavy atom. The third kappa shape index (κ3) is 3.48. The minimum absolute atomic E-state index is 0. The lowest BCUT2D eigenvalue weighted by molar-refractivity contribution is -0.132. The van der Waals surface area contributed by atoms with Crippen LogP contribution < -0.4 is 10.1 Å². The van der Waals surface area contributed by atoms with Crippen LogP contribution in [0.25, 0.3) is 11.0 Å². The number of hydrogen-bond donors (Lipinski definition) is 1. The fourth-order valence-electron chi connectivity index (χ4n) is 4.05. The first-order chi connectivity index (χ1) is 11.7.